The smallest absolute Gasteiger partial charge is 0.139 e. The second-order valence-corrected chi connectivity index (χ2v) is 7.31. The first-order valence-corrected chi connectivity index (χ1v) is 8.52. The lowest BCUT2D eigenvalue weighted by atomic mass is 10.1. The van der Waals surface area contributed by atoms with Gasteiger partial charge in [0, 0.05) is 17.3 Å². The molecule has 0 atom stereocenters. The van der Waals surface area contributed by atoms with Gasteiger partial charge in [-0.15, -0.1) is 0 Å². The molecule has 0 aliphatic rings. The van der Waals surface area contributed by atoms with Crippen molar-refractivity contribution in [1.82, 2.24) is 9.38 Å². The summed E-state index contributed by atoms with van der Waals surface area (Å²) in [6.07, 6.45) is 5.88. The van der Waals surface area contributed by atoms with Crippen LogP contribution in [0.2, 0.25) is 5.02 Å². The standard InChI is InChI=1S/C20H22ClN3O/c1-20(2,3)23-19-16(22-18-12-10-15(21)13-24(18)19)11-9-14-7-5-6-8-17(14)25-4/h5-13,23H,1-4H3/b11-9+. The molecule has 0 aliphatic heterocycles. The lowest BCUT2D eigenvalue weighted by molar-refractivity contribution is 0.414. The highest BCUT2D eigenvalue weighted by atomic mass is 35.5. The van der Waals surface area contributed by atoms with Gasteiger partial charge in [0.1, 0.15) is 22.9 Å². The van der Waals surface area contributed by atoms with E-state index in [1.807, 2.05) is 59.1 Å². The number of aromatic nitrogens is 2. The van der Waals surface area contributed by atoms with Crippen LogP contribution in [0, 0.1) is 0 Å². The van der Waals surface area contributed by atoms with Gasteiger partial charge in [-0.05, 0) is 51.1 Å². The average Bonchev–Trinajstić information content (AvgIpc) is 2.88. The Hall–Kier alpha value is -2.46. The third-order valence-electron chi connectivity index (χ3n) is 3.66. The molecule has 3 aromatic rings. The summed E-state index contributed by atoms with van der Waals surface area (Å²) in [5.41, 5.74) is 2.59. The lowest BCUT2D eigenvalue weighted by Gasteiger charge is -2.22. The van der Waals surface area contributed by atoms with Gasteiger partial charge in [-0.2, -0.15) is 0 Å². The van der Waals surface area contributed by atoms with E-state index in [2.05, 4.69) is 26.1 Å². The van der Waals surface area contributed by atoms with Crippen LogP contribution in [0.1, 0.15) is 32.0 Å². The number of para-hydroxylation sites is 1. The predicted molar refractivity (Wildman–Crippen MR) is 105 cm³/mol. The van der Waals surface area contributed by atoms with Gasteiger partial charge in [0.2, 0.25) is 0 Å². The van der Waals surface area contributed by atoms with E-state index in [9.17, 15) is 0 Å². The third kappa shape index (κ3) is 3.97. The number of anilines is 1. The Morgan fingerprint density at radius 3 is 2.60 bits per heavy atom. The fourth-order valence-electron chi connectivity index (χ4n) is 2.61. The molecule has 0 fully saturated rings. The van der Waals surface area contributed by atoms with Crippen LogP contribution in [-0.4, -0.2) is 22.0 Å². The summed E-state index contributed by atoms with van der Waals surface area (Å²) in [7, 11) is 1.67. The van der Waals surface area contributed by atoms with E-state index in [-0.39, 0.29) is 5.54 Å². The van der Waals surface area contributed by atoms with Crippen molar-refractivity contribution in [1.29, 1.82) is 0 Å². The van der Waals surface area contributed by atoms with E-state index in [0.717, 1.165) is 28.5 Å². The molecule has 0 unspecified atom stereocenters. The molecule has 0 spiro atoms. The number of fused-ring (bicyclic) bond motifs is 1. The molecule has 0 amide bonds. The molecular weight excluding hydrogens is 334 g/mol. The van der Waals surface area contributed by atoms with Crippen LogP contribution in [-0.2, 0) is 0 Å². The molecular formula is C20H22ClN3O. The van der Waals surface area contributed by atoms with Crippen molar-refractivity contribution >= 4 is 35.2 Å². The van der Waals surface area contributed by atoms with Gasteiger partial charge in [0.05, 0.1) is 12.1 Å². The fraction of sp³-hybridized carbons (Fsp3) is 0.250. The Labute approximate surface area is 153 Å². The van der Waals surface area contributed by atoms with Crippen LogP contribution < -0.4 is 10.1 Å². The van der Waals surface area contributed by atoms with Crippen molar-refractivity contribution in [3.63, 3.8) is 0 Å². The van der Waals surface area contributed by atoms with Gasteiger partial charge in [-0.25, -0.2) is 4.98 Å². The molecule has 1 N–H and O–H groups in total. The highest BCUT2D eigenvalue weighted by Gasteiger charge is 2.17. The number of hydrogen-bond donors (Lipinski definition) is 1. The molecule has 4 nitrogen and oxygen atoms in total. The number of nitrogens with zero attached hydrogens (tertiary/aromatic N) is 2. The predicted octanol–water partition coefficient (Wildman–Crippen LogP) is 5.38. The number of benzene rings is 1. The van der Waals surface area contributed by atoms with Crippen molar-refractivity contribution in [3.8, 4) is 5.75 Å². The topological polar surface area (TPSA) is 38.6 Å². The Morgan fingerprint density at radius 2 is 1.88 bits per heavy atom. The highest BCUT2D eigenvalue weighted by Crippen LogP contribution is 2.27. The normalized spacial score (nSPS) is 12.0. The largest absolute Gasteiger partial charge is 0.496 e. The molecule has 2 aromatic heterocycles. The van der Waals surface area contributed by atoms with Gasteiger partial charge >= 0.3 is 0 Å². The number of nitrogens with one attached hydrogen (secondary N) is 1. The summed E-state index contributed by atoms with van der Waals surface area (Å²) in [5, 5.41) is 4.19. The van der Waals surface area contributed by atoms with E-state index in [0.29, 0.717) is 5.02 Å². The highest BCUT2D eigenvalue weighted by molar-refractivity contribution is 6.30. The second kappa shape index (κ2) is 6.81. The minimum Gasteiger partial charge on any atom is -0.496 e. The zero-order valence-electron chi connectivity index (χ0n) is 14.9. The van der Waals surface area contributed by atoms with Crippen LogP contribution >= 0.6 is 11.6 Å². The molecule has 0 saturated heterocycles. The maximum Gasteiger partial charge on any atom is 0.139 e. The van der Waals surface area contributed by atoms with E-state index in [4.69, 9.17) is 21.3 Å². The maximum absolute atomic E-state index is 6.17. The molecule has 1 aromatic carbocycles. The summed E-state index contributed by atoms with van der Waals surface area (Å²) in [6, 6.07) is 11.7. The van der Waals surface area contributed by atoms with Crippen molar-refractivity contribution in [3.05, 3.63) is 58.9 Å². The van der Waals surface area contributed by atoms with Crippen molar-refractivity contribution in [2.75, 3.05) is 12.4 Å². The van der Waals surface area contributed by atoms with Crippen LogP contribution in [0.4, 0.5) is 5.82 Å². The van der Waals surface area contributed by atoms with Crippen molar-refractivity contribution in [2.45, 2.75) is 26.3 Å². The van der Waals surface area contributed by atoms with Crippen LogP contribution in [0.25, 0.3) is 17.8 Å². The number of ether oxygens (including phenoxy) is 1. The third-order valence-corrected chi connectivity index (χ3v) is 3.89. The number of imidazole rings is 1. The molecule has 0 aliphatic carbocycles. The zero-order valence-corrected chi connectivity index (χ0v) is 15.6. The molecule has 0 saturated carbocycles. The maximum atomic E-state index is 6.17. The summed E-state index contributed by atoms with van der Waals surface area (Å²) in [4.78, 5) is 4.72. The SMILES string of the molecule is COc1ccccc1/C=C/c1nc2ccc(Cl)cn2c1NC(C)(C)C. The number of pyridine rings is 1. The minimum atomic E-state index is -0.106. The quantitative estimate of drug-likeness (QED) is 0.683. The number of rotatable bonds is 4. The van der Waals surface area contributed by atoms with Crippen LogP contribution in [0.15, 0.2) is 42.6 Å². The molecule has 0 bridgehead atoms. The van der Waals surface area contributed by atoms with E-state index in [1.165, 1.54) is 0 Å². The number of halogens is 1. The first-order chi connectivity index (χ1) is 11.9. The monoisotopic (exact) mass is 355 g/mol. The van der Waals surface area contributed by atoms with E-state index < -0.39 is 0 Å². The number of hydrogen-bond acceptors (Lipinski definition) is 3. The van der Waals surface area contributed by atoms with Gasteiger partial charge in [0.15, 0.2) is 0 Å². The molecule has 2 heterocycles. The van der Waals surface area contributed by atoms with E-state index >= 15 is 0 Å². The lowest BCUT2D eigenvalue weighted by Crippen LogP contribution is -2.27. The van der Waals surface area contributed by atoms with Gasteiger partial charge in [0.25, 0.3) is 0 Å². The van der Waals surface area contributed by atoms with Crippen LogP contribution in [0.3, 0.4) is 0 Å². The minimum absolute atomic E-state index is 0.106. The fourth-order valence-corrected chi connectivity index (χ4v) is 2.77. The zero-order chi connectivity index (χ0) is 18.0. The Morgan fingerprint density at radius 1 is 1.12 bits per heavy atom. The first kappa shape index (κ1) is 17.4. The van der Waals surface area contributed by atoms with Gasteiger partial charge < -0.3 is 10.1 Å². The Kier molecular flexibility index (Phi) is 4.73. The van der Waals surface area contributed by atoms with Crippen molar-refractivity contribution in [2.24, 2.45) is 0 Å². The Bertz CT molecular complexity index is 922. The number of methoxy groups -OCH3 is 1. The summed E-state index contributed by atoms with van der Waals surface area (Å²) in [6.45, 7) is 6.35. The second-order valence-electron chi connectivity index (χ2n) is 6.87. The molecule has 0 radical (unpaired) electrons. The first-order valence-electron chi connectivity index (χ1n) is 8.14. The summed E-state index contributed by atoms with van der Waals surface area (Å²) >= 11 is 6.17. The molecule has 5 heteroatoms. The van der Waals surface area contributed by atoms with Crippen LogP contribution in [0.5, 0.6) is 5.75 Å². The molecule has 130 valence electrons. The van der Waals surface area contributed by atoms with E-state index in [1.54, 1.807) is 7.11 Å². The average molecular weight is 356 g/mol. The van der Waals surface area contributed by atoms with Crippen molar-refractivity contribution < 1.29 is 4.74 Å². The molecule has 3 rings (SSSR count). The summed E-state index contributed by atoms with van der Waals surface area (Å²) < 4.78 is 7.39. The summed E-state index contributed by atoms with van der Waals surface area (Å²) in [5.74, 6) is 1.74. The Balaban J connectivity index is 2.08. The molecule has 25 heavy (non-hydrogen) atoms. The van der Waals surface area contributed by atoms with Gasteiger partial charge in [-0.3, -0.25) is 4.40 Å². The van der Waals surface area contributed by atoms with Gasteiger partial charge in [-0.1, -0.05) is 29.8 Å².